The Balaban J connectivity index is 1.84. The summed E-state index contributed by atoms with van der Waals surface area (Å²) in [6, 6.07) is 0.828. The molecule has 0 radical (unpaired) electrons. The molecule has 3 rings (SSSR count). The molecule has 4 unspecified atom stereocenters. The maximum atomic E-state index is 6.01. The van der Waals surface area contributed by atoms with Crippen LogP contribution in [0.5, 0.6) is 0 Å². The van der Waals surface area contributed by atoms with Crippen molar-refractivity contribution in [2.45, 2.75) is 38.6 Å². The Morgan fingerprint density at radius 3 is 3.00 bits per heavy atom. The number of nitrogens with zero attached hydrogens (tertiary/aromatic N) is 1. The van der Waals surface area contributed by atoms with Gasteiger partial charge < -0.3 is 4.52 Å². The van der Waals surface area contributed by atoms with Crippen LogP contribution >= 0.6 is 8.30 Å². The monoisotopic (exact) mass is 225 g/mol. The summed E-state index contributed by atoms with van der Waals surface area (Å²) in [6.45, 7) is 8.50. The van der Waals surface area contributed by atoms with Crippen LogP contribution in [-0.2, 0) is 4.52 Å². The predicted octanol–water partition coefficient (Wildman–Crippen LogP) is 3.35. The normalized spacial score (nSPS) is 48.7. The molecule has 2 nitrogen and oxygen atoms in total. The number of rotatable bonds is 1. The summed E-state index contributed by atoms with van der Waals surface area (Å²) in [5.74, 6) is 1.76. The molecule has 1 aliphatic carbocycles. The fourth-order valence-corrected chi connectivity index (χ4v) is 5.58. The fraction of sp³-hybridized carbons (Fsp3) is 0.833. The van der Waals surface area contributed by atoms with Gasteiger partial charge in [0.25, 0.3) is 0 Å². The van der Waals surface area contributed by atoms with Crippen LogP contribution in [0.3, 0.4) is 0 Å². The molecule has 2 bridgehead atoms. The van der Waals surface area contributed by atoms with Gasteiger partial charge in [-0.2, -0.15) is 0 Å². The largest absolute Gasteiger partial charge is 0.340 e. The van der Waals surface area contributed by atoms with Crippen LogP contribution in [0.25, 0.3) is 0 Å². The summed E-state index contributed by atoms with van der Waals surface area (Å²) in [4.78, 5) is 0. The van der Waals surface area contributed by atoms with E-state index in [1.807, 2.05) is 0 Å². The summed E-state index contributed by atoms with van der Waals surface area (Å²) in [6.07, 6.45) is 5.70. The zero-order valence-corrected chi connectivity index (χ0v) is 10.4. The van der Waals surface area contributed by atoms with E-state index in [1.165, 1.54) is 37.5 Å². The molecular formula is C12H20NOP. The van der Waals surface area contributed by atoms with E-state index in [0.717, 1.165) is 24.5 Å². The molecule has 5 atom stereocenters. The van der Waals surface area contributed by atoms with Gasteiger partial charge in [0.05, 0.1) is 6.61 Å². The van der Waals surface area contributed by atoms with Crippen LogP contribution in [0.2, 0.25) is 0 Å². The highest BCUT2D eigenvalue weighted by atomic mass is 31.2. The molecule has 15 heavy (non-hydrogen) atoms. The summed E-state index contributed by atoms with van der Waals surface area (Å²) < 4.78 is 8.66. The van der Waals surface area contributed by atoms with E-state index in [2.05, 4.69) is 18.2 Å². The number of hydrogen-bond donors (Lipinski definition) is 0. The molecule has 0 spiro atoms. The highest BCUT2D eigenvalue weighted by Crippen LogP contribution is 2.60. The molecule has 0 aromatic carbocycles. The topological polar surface area (TPSA) is 12.5 Å². The molecule has 84 valence electrons. The quantitative estimate of drug-likeness (QED) is 0.634. The summed E-state index contributed by atoms with van der Waals surface area (Å²) in [5, 5.41) is 1.25. The Morgan fingerprint density at radius 2 is 2.20 bits per heavy atom. The van der Waals surface area contributed by atoms with Crippen LogP contribution in [0, 0.1) is 11.8 Å². The fourth-order valence-electron chi connectivity index (χ4n) is 3.53. The second-order valence-corrected chi connectivity index (χ2v) is 7.28. The molecule has 3 heteroatoms. The second-order valence-electron chi connectivity index (χ2n) is 5.20. The minimum atomic E-state index is -0.457. The highest BCUT2D eigenvalue weighted by Gasteiger charge is 2.49. The minimum absolute atomic E-state index is 0.457. The summed E-state index contributed by atoms with van der Waals surface area (Å²) >= 11 is 0. The van der Waals surface area contributed by atoms with Gasteiger partial charge in [-0.15, -0.1) is 0 Å². The van der Waals surface area contributed by atoms with E-state index >= 15 is 0 Å². The van der Waals surface area contributed by atoms with Crippen molar-refractivity contribution in [2.24, 2.45) is 11.8 Å². The van der Waals surface area contributed by atoms with Gasteiger partial charge in [-0.1, -0.05) is 19.4 Å². The van der Waals surface area contributed by atoms with Crippen molar-refractivity contribution < 1.29 is 4.52 Å². The van der Waals surface area contributed by atoms with Gasteiger partial charge in [0.1, 0.15) is 8.30 Å². The van der Waals surface area contributed by atoms with Crippen molar-refractivity contribution in [1.29, 1.82) is 0 Å². The van der Waals surface area contributed by atoms with E-state index < -0.39 is 8.30 Å². The molecule has 3 fully saturated rings. The number of hydrogen-bond acceptors (Lipinski definition) is 2. The Bertz CT molecular complexity index is 281. The molecule has 2 aliphatic heterocycles. The second kappa shape index (κ2) is 3.84. The third kappa shape index (κ3) is 1.58. The molecule has 0 aromatic heterocycles. The molecule has 0 amide bonds. The maximum Gasteiger partial charge on any atom is 0.132 e. The van der Waals surface area contributed by atoms with Crippen molar-refractivity contribution >= 4 is 8.30 Å². The van der Waals surface area contributed by atoms with E-state index in [9.17, 15) is 0 Å². The SMILES string of the molecule is C=C(C)P1OC[C@@H]2CN1C1CCCCC12. The van der Waals surface area contributed by atoms with Crippen LogP contribution in [0.1, 0.15) is 32.6 Å². The number of fused-ring (bicyclic) bond motifs is 5. The Labute approximate surface area is 93.6 Å². The average molecular weight is 225 g/mol. The van der Waals surface area contributed by atoms with E-state index in [-0.39, 0.29) is 0 Å². The Morgan fingerprint density at radius 1 is 1.40 bits per heavy atom. The van der Waals surface area contributed by atoms with Crippen molar-refractivity contribution in [1.82, 2.24) is 4.67 Å². The molecule has 0 aromatic rings. The van der Waals surface area contributed by atoms with E-state index in [4.69, 9.17) is 4.52 Å². The van der Waals surface area contributed by atoms with E-state index in [0.29, 0.717) is 0 Å². The highest BCUT2D eigenvalue weighted by molar-refractivity contribution is 7.54. The first kappa shape index (κ1) is 10.3. The molecule has 2 heterocycles. The third-order valence-corrected chi connectivity index (χ3v) is 6.14. The smallest absolute Gasteiger partial charge is 0.132 e. The Hall–Kier alpha value is 0.0900. The van der Waals surface area contributed by atoms with Crippen LogP contribution in [-0.4, -0.2) is 23.9 Å². The van der Waals surface area contributed by atoms with Crippen LogP contribution in [0.4, 0.5) is 0 Å². The lowest BCUT2D eigenvalue weighted by Crippen LogP contribution is -2.31. The molecule has 2 saturated heterocycles. The zero-order chi connectivity index (χ0) is 10.4. The zero-order valence-electron chi connectivity index (χ0n) is 9.48. The lowest BCUT2D eigenvalue weighted by Gasteiger charge is -2.35. The van der Waals surface area contributed by atoms with Crippen LogP contribution < -0.4 is 0 Å². The van der Waals surface area contributed by atoms with Gasteiger partial charge in [-0.25, -0.2) is 0 Å². The molecule has 0 N–H and O–H groups in total. The molecular weight excluding hydrogens is 205 g/mol. The van der Waals surface area contributed by atoms with Gasteiger partial charge in [-0.05, 0) is 31.0 Å². The van der Waals surface area contributed by atoms with Crippen molar-refractivity contribution in [2.75, 3.05) is 13.2 Å². The Kier molecular flexibility index (Phi) is 2.62. The van der Waals surface area contributed by atoms with Gasteiger partial charge >= 0.3 is 0 Å². The minimum Gasteiger partial charge on any atom is -0.340 e. The van der Waals surface area contributed by atoms with Crippen molar-refractivity contribution in [3.8, 4) is 0 Å². The summed E-state index contributed by atoms with van der Waals surface area (Å²) in [7, 11) is -0.457. The number of allylic oxidation sites excluding steroid dienone is 1. The van der Waals surface area contributed by atoms with Gasteiger partial charge in [0.15, 0.2) is 0 Å². The lowest BCUT2D eigenvalue weighted by atomic mass is 9.80. The van der Waals surface area contributed by atoms with Crippen LogP contribution in [0.15, 0.2) is 11.9 Å². The summed E-state index contributed by atoms with van der Waals surface area (Å²) in [5.41, 5.74) is 0. The first-order valence-electron chi connectivity index (χ1n) is 6.12. The lowest BCUT2D eigenvalue weighted by molar-refractivity contribution is 0.209. The maximum absolute atomic E-state index is 6.01. The standard InChI is InChI=1S/C12H20NOP/c1-9(2)15-13-7-10(8-14-15)11-5-3-4-6-12(11)13/h10-12H,1,3-8H2,2H3/t10-,11?,12?,15?/m0/s1. The first-order valence-corrected chi connectivity index (χ1v) is 7.33. The molecule has 3 aliphatic rings. The van der Waals surface area contributed by atoms with Crippen molar-refractivity contribution in [3.05, 3.63) is 11.9 Å². The van der Waals surface area contributed by atoms with E-state index in [1.54, 1.807) is 0 Å². The third-order valence-electron chi connectivity index (χ3n) is 4.16. The average Bonchev–Trinajstić information content (AvgIpc) is 2.54. The predicted molar refractivity (Wildman–Crippen MR) is 63.6 cm³/mol. The van der Waals surface area contributed by atoms with Gasteiger partial charge in [0, 0.05) is 18.5 Å². The van der Waals surface area contributed by atoms with Gasteiger partial charge in [0.2, 0.25) is 0 Å². The molecule has 1 saturated carbocycles. The first-order chi connectivity index (χ1) is 7.27. The van der Waals surface area contributed by atoms with Crippen molar-refractivity contribution in [3.63, 3.8) is 0 Å². The van der Waals surface area contributed by atoms with Gasteiger partial charge in [-0.3, -0.25) is 4.67 Å².